The van der Waals surface area contributed by atoms with Gasteiger partial charge in [0.25, 0.3) is 5.91 Å². The predicted octanol–water partition coefficient (Wildman–Crippen LogP) is 1.80. The van der Waals surface area contributed by atoms with E-state index in [4.69, 9.17) is 15.7 Å². The second kappa shape index (κ2) is 6.95. The van der Waals surface area contributed by atoms with Crippen molar-refractivity contribution in [1.82, 2.24) is 0 Å². The number of rotatable bonds is 5. The van der Waals surface area contributed by atoms with Crippen molar-refractivity contribution in [2.24, 2.45) is 10.9 Å². The van der Waals surface area contributed by atoms with Crippen LogP contribution in [0.15, 0.2) is 59.8 Å². The molecular formula is C15H15N3O3. The molecule has 0 aromatic heterocycles. The third-order valence-corrected chi connectivity index (χ3v) is 2.69. The number of amidine groups is 1. The van der Waals surface area contributed by atoms with Crippen molar-refractivity contribution in [1.29, 1.82) is 0 Å². The molecule has 2 aromatic rings. The van der Waals surface area contributed by atoms with Crippen LogP contribution in [0, 0.1) is 0 Å². The van der Waals surface area contributed by atoms with Crippen LogP contribution >= 0.6 is 0 Å². The largest absolute Gasteiger partial charge is 0.484 e. The summed E-state index contributed by atoms with van der Waals surface area (Å²) in [4.78, 5) is 11.7. The molecule has 0 unspecified atom stereocenters. The highest BCUT2D eigenvalue weighted by molar-refractivity contribution is 5.98. The first-order valence-corrected chi connectivity index (χ1v) is 6.24. The number of carbonyl (C=O) groups excluding carboxylic acids is 1. The summed E-state index contributed by atoms with van der Waals surface area (Å²) in [5.74, 6) is 0.380. The molecule has 0 aliphatic rings. The van der Waals surface area contributed by atoms with Gasteiger partial charge >= 0.3 is 0 Å². The number of nitrogens with zero attached hydrogens (tertiary/aromatic N) is 1. The van der Waals surface area contributed by atoms with Crippen LogP contribution in [-0.4, -0.2) is 23.6 Å². The molecule has 21 heavy (non-hydrogen) atoms. The molecule has 6 heteroatoms. The zero-order valence-corrected chi connectivity index (χ0v) is 11.2. The van der Waals surface area contributed by atoms with Gasteiger partial charge in [0, 0.05) is 11.3 Å². The Morgan fingerprint density at radius 3 is 2.43 bits per heavy atom. The molecular weight excluding hydrogens is 270 g/mol. The lowest BCUT2D eigenvalue weighted by Crippen LogP contribution is -2.20. The summed E-state index contributed by atoms with van der Waals surface area (Å²) in [7, 11) is 0. The molecule has 0 fully saturated rings. The smallest absolute Gasteiger partial charge is 0.262 e. The van der Waals surface area contributed by atoms with E-state index in [1.54, 1.807) is 36.4 Å². The maximum atomic E-state index is 11.7. The molecule has 0 aliphatic heterocycles. The van der Waals surface area contributed by atoms with E-state index in [0.29, 0.717) is 17.0 Å². The minimum absolute atomic E-state index is 0.0142. The average Bonchev–Trinajstić information content (AvgIpc) is 2.54. The number of nitrogens with one attached hydrogen (secondary N) is 1. The van der Waals surface area contributed by atoms with Gasteiger partial charge in [-0.05, 0) is 36.4 Å². The van der Waals surface area contributed by atoms with Crippen LogP contribution in [0.1, 0.15) is 5.56 Å². The summed E-state index contributed by atoms with van der Waals surface area (Å²) in [6.07, 6.45) is 0. The molecule has 0 aliphatic carbocycles. The summed E-state index contributed by atoms with van der Waals surface area (Å²) in [5, 5.41) is 14.1. The highest BCUT2D eigenvalue weighted by Gasteiger charge is 2.04. The predicted molar refractivity (Wildman–Crippen MR) is 79.5 cm³/mol. The SMILES string of the molecule is NC(=NO)c1ccc(NC(=O)COc2ccccc2)cc1. The van der Waals surface area contributed by atoms with Gasteiger partial charge in [0.15, 0.2) is 12.4 Å². The number of nitrogens with two attached hydrogens (primary N) is 1. The van der Waals surface area contributed by atoms with Crippen molar-refractivity contribution in [3.05, 3.63) is 60.2 Å². The zero-order chi connectivity index (χ0) is 15.1. The molecule has 4 N–H and O–H groups in total. The molecule has 0 saturated carbocycles. The van der Waals surface area contributed by atoms with Gasteiger partial charge in [0.05, 0.1) is 0 Å². The van der Waals surface area contributed by atoms with Gasteiger partial charge in [0.1, 0.15) is 5.75 Å². The van der Waals surface area contributed by atoms with Crippen molar-refractivity contribution in [3.8, 4) is 5.75 Å². The van der Waals surface area contributed by atoms with Crippen molar-refractivity contribution < 1.29 is 14.7 Å². The zero-order valence-electron chi connectivity index (χ0n) is 11.2. The molecule has 0 bridgehead atoms. The van der Waals surface area contributed by atoms with E-state index >= 15 is 0 Å². The fraction of sp³-hybridized carbons (Fsp3) is 0.0667. The number of amides is 1. The monoisotopic (exact) mass is 285 g/mol. The first-order chi connectivity index (χ1) is 10.2. The average molecular weight is 285 g/mol. The van der Waals surface area contributed by atoms with E-state index in [-0.39, 0.29) is 18.3 Å². The highest BCUT2D eigenvalue weighted by atomic mass is 16.5. The minimum atomic E-state index is -0.268. The third kappa shape index (κ3) is 4.24. The molecule has 108 valence electrons. The molecule has 2 rings (SSSR count). The number of hydrogen-bond donors (Lipinski definition) is 3. The van der Waals surface area contributed by atoms with Gasteiger partial charge in [-0.15, -0.1) is 0 Å². The molecule has 6 nitrogen and oxygen atoms in total. The molecule has 0 spiro atoms. The van der Waals surface area contributed by atoms with E-state index in [1.165, 1.54) is 0 Å². The second-order valence-corrected chi connectivity index (χ2v) is 4.21. The molecule has 2 aromatic carbocycles. The Hall–Kier alpha value is -3.02. The standard InChI is InChI=1S/C15H15N3O3/c16-15(18-20)11-6-8-12(9-7-11)17-14(19)10-21-13-4-2-1-3-5-13/h1-9,20H,10H2,(H2,16,18)(H,17,19). The van der Waals surface area contributed by atoms with Crippen LogP contribution in [0.2, 0.25) is 0 Å². The van der Waals surface area contributed by atoms with Crippen molar-refractivity contribution in [2.45, 2.75) is 0 Å². The van der Waals surface area contributed by atoms with Crippen LogP contribution in [0.3, 0.4) is 0 Å². The Labute approximate surface area is 121 Å². The lowest BCUT2D eigenvalue weighted by atomic mass is 10.2. The molecule has 0 heterocycles. The number of anilines is 1. The van der Waals surface area contributed by atoms with E-state index < -0.39 is 0 Å². The van der Waals surface area contributed by atoms with Crippen LogP contribution in [0.5, 0.6) is 5.75 Å². The fourth-order valence-corrected chi connectivity index (χ4v) is 1.64. The van der Waals surface area contributed by atoms with Gasteiger partial charge in [-0.25, -0.2) is 0 Å². The topological polar surface area (TPSA) is 96.9 Å². The maximum Gasteiger partial charge on any atom is 0.262 e. The van der Waals surface area contributed by atoms with Crippen molar-refractivity contribution in [2.75, 3.05) is 11.9 Å². The lowest BCUT2D eigenvalue weighted by molar-refractivity contribution is -0.118. The van der Waals surface area contributed by atoms with Crippen LogP contribution in [0.25, 0.3) is 0 Å². The van der Waals surface area contributed by atoms with Crippen LogP contribution in [0.4, 0.5) is 5.69 Å². The second-order valence-electron chi connectivity index (χ2n) is 4.21. The summed E-state index contributed by atoms with van der Waals surface area (Å²) in [5.41, 5.74) is 6.62. The summed E-state index contributed by atoms with van der Waals surface area (Å²) >= 11 is 0. The maximum absolute atomic E-state index is 11.7. The van der Waals surface area contributed by atoms with Gasteiger partial charge < -0.3 is 21.0 Å². The quantitative estimate of drug-likeness (QED) is 0.338. The molecule has 1 amide bonds. The van der Waals surface area contributed by atoms with Crippen LogP contribution in [-0.2, 0) is 4.79 Å². The van der Waals surface area contributed by atoms with Crippen molar-refractivity contribution in [3.63, 3.8) is 0 Å². The fourth-order valence-electron chi connectivity index (χ4n) is 1.64. The highest BCUT2D eigenvalue weighted by Crippen LogP contribution is 2.11. The number of benzene rings is 2. The number of ether oxygens (including phenoxy) is 1. The Balaban J connectivity index is 1.88. The molecule has 0 atom stereocenters. The van der Waals surface area contributed by atoms with Crippen LogP contribution < -0.4 is 15.8 Å². The van der Waals surface area contributed by atoms with E-state index in [9.17, 15) is 4.79 Å². The number of oxime groups is 1. The first-order valence-electron chi connectivity index (χ1n) is 6.24. The normalized spacial score (nSPS) is 11.0. The van der Waals surface area contributed by atoms with E-state index in [2.05, 4.69) is 10.5 Å². The minimum Gasteiger partial charge on any atom is -0.484 e. The number of hydrogen-bond acceptors (Lipinski definition) is 4. The third-order valence-electron chi connectivity index (χ3n) is 2.69. The van der Waals surface area contributed by atoms with Gasteiger partial charge in [-0.1, -0.05) is 23.4 Å². The van der Waals surface area contributed by atoms with Crippen molar-refractivity contribution >= 4 is 17.4 Å². The Kier molecular flexibility index (Phi) is 4.76. The summed E-state index contributed by atoms with van der Waals surface area (Å²) < 4.78 is 5.34. The Bertz CT molecular complexity index is 624. The number of carbonyl (C=O) groups is 1. The molecule has 0 saturated heterocycles. The summed E-state index contributed by atoms with van der Waals surface area (Å²) in [6.45, 7) is -0.0774. The molecule has 0 radical (unpaired) electrons. The van der Waals surface area contributed by atoms with Gasteiger partial charge in [0.2, 0.25) is 0 Å². The number of para-hydroxylation sites is 1. The first kappa shape index (κ1) is 14.4. The Morgan fingerprint density at radius 2 is 1.81 bits per heavy atom. The van der Waals surface area contributed by atoms with E-state index in [1.807, 2.05) is 18.2 Å². The van der Waals surface area contributed by atoms with E-state index in [0.717, 1.165) is 0 Å². The van der Waals surface area contributed by atoms with Gasteiger partial charge in [-0.2, -0.15) is 0 Å². The van der Waals surface area contributed by atoms with Gasteiger partial charge in [-0.3, -0.25) is 4.79 Å². The summed E-state index contributed by atoms with van der Waals surface area (Å²) in [6, 6.07) is 15.7. The lowest BCUT2D eigenvalue weighted by Gasteiger charge is -2.08. The Morgan fingerprint density at radius 1 is 1.14 bits per heavy atom.